The van der Waals surface area contributed by atoms with Gasteiger partial charge in [0.1, 0.15) is 0 Å². The van der Waals surface area contributed by atoms with Gasteiger partial charge in [-0.2, -0.15) is 0 Å². The van der Waals surface area contributed by atoms with Crippen LogP contribution in [0, 0.1) is 0 Å². The zero-order valence-corrected chi connectivity index (χ0v) is 15.1. The Morgan fingerprint density at radius 1 is 1.16 bits per heavy atom. The number of piperazine rings is 1. The highest BCUT2D eigenvalue weighted by atomic mass is 35.5. The summed E-state index contributed by atoms with van der Waals surface area (Å²) in [5.41, 5.74) is 8.82. The maximum Gasteiger partial charge on any atom is 0.255 e. The topological polar surface area (TPSA) is 61.6 Å². The van der Waals surface area contributed by atoms with Gasteiger partial charge in [-0.3, -0.25) is 4.79 Å². The van der Waals surface area contributed by atoms with Gasteiger partial charge in [0.2, 0.25) is 0 Å². The lowest BCUT2D eigenvalue weighted by atomic mass is 10.1. The van der Waals surface area contributed by atoms with Gasteiger partial charge >= 0.3 is 0 Å². The number of amides is 1. The van der Waals surface area contributed by atoms with Gasteiger partial charge in [0.05, 0.1) is 11.4 Å². The van der Waals surface area contributed by atoms with Crippen LogP contribution in [-0.2, 0) is 0 Å². The highest BCUT2D eigenvalue weighted by Crippen LogP contribution is 2.29. The molecule has 5 nitrogen and oxygen atoms in total. The smallest absolute Gasteiger partial charge is 0.255 e. The van der Waals surface area contributed by atoms with E-state index >= 15 is 0 Å². The summed E-state index contributed by atoms with van der Waals surface area (Å²) in [5.74, 6) is -0.193. The number of carbonyl (C=O) groups is 1. The van der Waals surface area contributed by atoms with Crippen LogP contribution in [0.25, 0.3) is 0 Å². The molecule has 1 aliphatic heterocycles. The largest absolute Gasteiger partial charge is 0.399 e. The number of halogens is 1. The van der Waals surface area contributed by atoms with E-state index in [2.05, 4.69) is 22.0 Å². The molecule has 0 atom stereocenters. The number of nitrogens with one attached hydrogen (secondary N) is 1. The molecule has 0 bridgehead atoms. The number of nitrogens with two attached hydrogens (primary N) is 1. The molecule has 6 heteroatoms. The number of nitrogens with zero attached hydrogens (tertiary/aromatic N) is 2. The van der Waals surface area contributed by atoms with E-state index in [-0.39, 0.29) is 5.91 Å². The van der Waals surface area contributed by atoms with Crippen LogP contribution < -0.4 is 16.0 Å². The fourth-order valence-corrected chi connectivity index (χ4v) is 3.25. The number of carbonyl (C=O) groups excluding carboxylic acids is 1. The molecule has 25 heavy (non-hydrogen) atoms. The molecule has 1 fully saturated rings. The van der Waals surface area contributed by atoms with Crippen molar-refractivity contribution in [1.82, 2.24) is 4.90 Å². The first kappa shape index (κ1) is 17.6. The van der Waals surface area contributed by atoms with Crippen molar-refractivity contribution in [3.05, 3.63) is 53.1 Å². The minimum atomic E-state index is -0.193. The van der Waals surface area contributed by atoms with Crippen LogP contribution >= 0.6 is 11.6 Å². The minimum absolute atomic E-state index is 0.193. The molecule has 0 radical (unpaired) electrons. The number of likely N-dealkylation sites (N-methyl/N-ethyl adjacent to an activating group) is 1. The zero-order chi connectivity index (χ0) is 17.8. The molecule has 1 heterocycles. The molecule has 0 aromatic heterocycles. The van der Waals surface area contributed by atoms with Crippen LogP contribution in [0.3, 0.4) is 0 Å². The van der Waals surface area contributed by atoms with Gasteiger partial charge in [-0.05, 0) is 42.9 Å². The maximum atomic E-state index is 12.6. The van der Waals surface area contributed by atoms with Crippen LogP contribution in [0.5, 0.6) is 0 Å². The van der Waals surface area contributed by atoms with Crippen molar-refractivity contribution >= 4 is 34.6 Å². The molecule has 2 aromatic rings. The van der Waals surface area contributed by atoms with Gasteiger partial charge in [-0.1, -0.05) is 24.6 Å². The van der Waals surface area contributed by atoms with Crippen molar-refractivity contribution in [3.8, 4) is 0 Å². The van der Waals surface area contributed by atoms with Crippen LogP contribution in [0.2, 0.25) is 5.02 Å². The molecule has 3 N–H and O–H groups in total. The third kappa shape index (κ3) is 4.24. The van der Waals surface area contributed by atoms with Crippen molar-refractivity contribution in [2.24, 2.45) is 0 Å². The van der Waals surface area contributed by atoms with E-state index in [9.17, 15) is 4.79 Å². The lowest BCUT2D eigenvalue weighted by Crippen LogP contribution is -2.46. The van der Waals surface area contributed by atoms with E-state index < -0.39 is 0 Å². The quantitative estimate of drug-likeness (QED) is 0.823. The second-order valence-electron chi connectivity index (χ2n) is 6.16. The van der Waals surface area contributed by atoms with Crippen LogP contribution in [0.4, 0.5) is 17.1 Å². The van der Waals surface area contributed by atoms with Crippen molar-refractivity contribution in [2.75, 3.05) is 48.7 Å². The Bertz CT molecular complexity index is 757. The molecule has 1 amide bonds. The summed E-state index contributed by atoms with van der Waals surface area (Å²) in [6, 6.07) is 12.6. The molecule has 1 aliphatic rings. The summed E-state index contributed by atoms with van der Waals surface area (Å²) >= 11 is 5.98. The van der Waals surface area contributed by atoms with Gasteiger partial charge in [0.25, 0.3) is 5.91 Å². The van der Waals surface area contributed by atoms with Crippen molar-refractivity contribution < 1.29 is 4.79 Å². The molecule has 132 valence electrons. The van der Waals surface area contributed by atoms with Crippen LogP contribution in [0.15, 0.2) is 42.5 Å². The third-order valence-corrected chi connectivity index (χ3v) is 4.75. The van der Waals surface area contributed by atoms with E-state index in [1.54, 1.807) is 24.3 Å². The van der Waals surface area contributed by atoms with Crippen LogP contribution in [0.1, 0.15) is 17.3 Å². The average Bonchev–Trinajstić information content (AvgIpc) is 2.62. The predicted molar refractivity (Wildman–Crippen MR) is 105 cm³/mol. The lowest BCUT2D eigenvalue weighted by Gasteiger charge is -2.36. The second kappa shape index (κ2) is 7.76. The van der Waals surface area contributed by atoms with Crippen LogP contribution in [-0.4, -0.2) is 43.5 Å². The SMILES string of the molecule is CCN1CCN(c2ccc(N)cc2NC(=O)c2cccc(Cl)c2)CC1. The Morgan fingerprint density at radius 3 is 2.60 bits per heavy atom. The Kier molecular flexibility index (Phi) is 5.46. The third-order valence-electron chi connectivity index (χ3n) is 4.52. The summed E-state index contributed by atoms with van der Waals surface area (Å²) in [6.07, 6.45) is 0. The summed E-state index contributed by atoms with van der Waals surface area (Å²) in [5, 5.41) is 3.52. The Morgan fingerprint density at radius 2 is 1.92 bits per heavy atom. The number of anilines is 3. The Balaban J connectivity index is 1.81. The first-order valence-electron chi connectivity index (χ1n) is 8.50. The first-order chi connectivity index (χ1) is 12.1. The normalized spacial score (nSPS) is 15.2. The lowest BCUT2D eigenvalue weighted by molar-refractivity contribution is 0.102. The number of hydrogen-bond donors (Lipinski definition) is 2. The summed E-state index contributed by atoms with van der Waals surface area (Å²) in [6.45, 7) is 7.13. The van der Waals surface area contributed by atoms with Gasteiger partial charge in [-0.25, -0.2) is 0 Å². The average molecular weight is 359 g/mol. The highest BCUT2D eigenvalue weighted by molar-refractivity contribution is 6.31. The Hall–Kier alpha value is -2.24. The molecule has 0 unspecified atom stereocenters. The number of benzene rings is 2. The minimum Gasteiger partial charge on any atom is -0.399 e. The van der Waals surface area contributed by atoms with Crippen molar-refractivity contribution in [3.63, 3.8) is 0 Å². The van der Waals surface area contributed by atoms with Gasteiger partial charge in [0.15, 0.2) is 0 Å². The number of nitrogen functional groups attached to an aromatic ring is 1. The standard InChI is InChI=1S/C19H23ClN4O/c1-2-23-8-10-24(11-9-23)18-7-6-16(21)13-17(18)22-19(25)14-4-3-5-15(20)12-14/h3-7,12-13H,2,8-11,21H2,1H3,(H,22,25). The van der Waals surface area contributed by atoms with E-state index in [4.69, 9.17) is 17.3 Å². The van der Waals surface area contributed by atoms with E-state index in [0.29, 0.717) is 16.3 Å². The van der Waals surface area contributed by atoms with Crippen molar-refractivity contribution in [2.45, 2.75) is 6.92 Å². The summed E-state index contributed by atoms with van der Waals surface area (Å²) < 4.78 is 0. The van der Waals surface area contributed by atoms with Gasteiger partial charge < -0.3 is 20.9 Å². The number of rotatable bonds is 4. The predicted octanol–water partition coefficient (Wildman–Crippen LogP) is 3.32. The highest BCUT2D eigenvalue weighted by Gasteiger charge is 2.19. The van der Waals surface area contributed by atoms with E-state index in [1.807, 2.05) is 18.2 Å². The van der Waals surface area contributed by atoms with Crippen molar-refractivity contribution in [1.29, 1.82) is 0 Å². The fraction of sp³-hybridized carbons (Fsp3) is 0.316. The molecular formula is C19H23ClN4O. The first-order valence-corrected chi connectivity index (χ1v) is 8.88. The summed E-state index contributed by atoms with van der Waals surface area (Å²) in [7, 11) is 0. The molecular weight excluding hydrogens is 336 g/mol. The Labute approximate surface area is 153 Å². The monoisotopic (exact) mass is 358 g/mol. The van der Waals surface area contributed by atoms with Gasteiger partial charge in [0, 0.05) is 42.5 Å². The molecule has 2 aromatic carbocycles. The summed E-state index contributed by atoms with van der Waals surface area (Å²) in [4.78, 5) is 17.3. The molecule has 0 aliphatic carbocycles. The molecule has 0 spiro atoms. The van der Waals surface area contributed by atoms with Gasteiger partial charge in [-0.15, -0.1) is 0 Å². The number of hydrogen-bond acceptors (Lipinski definition) is 4. The molecule has 3 rings (SSSR count). The second-order valence-corrected chi connectivity index (χ2v) is 6.60. The maximum absolute atomic E-state index is 12.6. The molecule has 0 saturated carbocycles. The van der Waals surface area contributed by atoms with E-state index in [1.165, 1.54) is 0 Å². The molecule has 1 saturated heterocycles. The zero-order valence-electron chi connectivity index (χ0n) is 14.3. The van der Waals surface area contributed by atoms with E-state index in [0.717, 1.165) is 44.1 Å². The fourth-order valence-electron chi connectivity index (χ4n) is 3.06.